The van der Waals surface area contributed by atoms with E-state index >= 15 is 0 Å². The van der Waals surface area contributed by atoms with E-state index in [9.17, 15) is 5.11 Å². The molecule has 1 nitrogen and oxygen atoms in total. The molecule has 0 aliphatic heterocycles. The summed E-state index contributed by atoms with van der Waals surface area (Å²) in [7, 11) is 0. The Bertz CT molecular complexity index is 383. The fourth-order valence-corrected chi connectivity index (χ4v) is 3.50. The van der Waals surface area contributed by atoms with E-state index in [1.54, 1.807) is 0 Å². The maximum Gasteiger partial charge on any atom is 0.0613 e. The first kappa shape index (κ1) is 14.1. The molecule has 0 heterocycles. The minimum Gasteiger partial charge on any atom is -0.392 e. The third-order valence-corrected chi connectivity index (χ3v) is 4.94. The van der Waals surface area contributed by atoms with Crippen LogP contribution in [-0.2, 0) is 6.42 Å². The summed E-state index contributed by atoms with van der Waals surface area (Å²) in [6.07, 6.45) is 5.57. The van der Waals surface area contributed by atoms with Crippen molar-refractivity contribution in [2.45, 2.75) is 52.1 Å². The average molecular weight is 311 g/mol. The van der Waals surface area contributed by atoms with Crippen molar-refractivity contribution in [3.8, 4) is 0 Å². The van der Waals surface area contributed by atoms with Crippen molar-refractivity contribution in [3.05, 3.63) is 34.3 Å². The van der Waals surface area contributed by atoms with Gasteiger partial charge in [-0.3, -0.25) is 0 Å². The number of benzene rings is 1. The van der Waals surface area contributed by atoms with Gasteiger partial charge in [0.2, 0.25) is 0 Å². The van der Waals surface area contributed by atoms with Crippen molar-refractivity contribution >= 4 is 15.9 Å². The molecular formula is C16H23BrO. The lowest BCUT2D eigenvalue weighted by Gasteiger charge is -2.41. The summed E-state index contributed by atoms with van der Waals surface area (Å²) in [5, 5.41) is 10.5. The Morgan fingerprint density at radius 3 is 2.56 bits per heavy atom. The summed E-state index contributed by atoms with van der Waals surface area (Å²) in [5.74, 6) is 0.440. The molecule has 2 rings (SSSR count). The van der Waals surface area contributed by atoms with E-state index in [4.69, 9.17) is 0 Å². The Labute approximate surface area is 119 Å². The van der Waals surface area contributed by atoms with Gasteiger partial charge in [0, 0.05) is 4.47 Å². The summed E-state index contributed by atoms with van der Waals surface area (Å²) >= 11 is 3.44. The first-order chi connectivity index (χ1) is 8.49. The minimum atomic E-state index is -0.207. The fraction of sp³-hybridized carbons (Fsp3) is 0.625. The predicted octanol–water partition coefficient (Wildman–Crippen LogP) is 4.57. The standard InChI is InChI=1S/C16H23BrO/c1-16(2)10-4-3-5-14(16)15(18)11-12-6-8-13(17)9-7-12/h6-9,14-15,18H,3-5,10-11H2,1-2H3. The molecule has 2 atom stereocenters. The lowest BCUT2D eigenvalue weighted by Crippen LogP contribution is -2.37. The van der Waals surface area contributed by atoms with Crippen LogP contribution in [0, 0.1) is 11.3 Å². The molecule has 0 aromatic heterocycles. The average Bonchev–Trinajstić information content (AvgIpc) is 2.31. The van der Waals surface area contributed by atoms with Gasteiger partial charge in [0.25, 0.3) is 0 Å². The van der Waals surface area contributed by atoms with E-state index < -0.39 is 0 Å². The second-order valence-electron chi connectivity index (χ2n) is 6.24. The molecule has 18 heavy (non-hydrogen) atoms. The van der Waals surface area contributed by atoms with Crippen molar-refractivity contribution in [3.63, 3.8) is 0 Å². The van der Waals surface area contributed by atoms with E-state index in [1.165, 1.54) is 31.2 Å². The number of rotatable bonds is 3. The molecule has 1 aliphatic rings. The van der Waals surface area contributed by atoms with Gasteiger partial charge in [0.15, 0.2) is 0 Å². The minimum absolute atomic E-state index is 0.207. The lowest BCUT2D eigenvalue weighted by atomic mass is 9.66. The van der Waals surface area contributed by atoms with Gasteiger partial charge in [0.1, 0.15) is 0 Å². The first-order valence-electron chi connectivity index (χ1n) is 6.91. The van der Waals surface area contributed by atoms with Crippen molar-refractivity contribution in [1.29, 1.82) is 0 Å². The fourth-order valence-electron chi connectivity index (χ4n) is 3.24. The van der Waals surface area contributed by atoms with Crippen LogP contribution in [0.15, 0.2) is 28.7 Å². The summed E-state index contributed by atoms with van der Waals surface area (Å²) in [6, 6.07) is 8.30. The van der Waals surface area contributed by atoms with Crippen LogP contribution in [0.2, 0.25) is 0 Å². The highest BCUT2D eigenvalue weighted by atomic mass is 79.9. The molecule has 1 aromatic rings. The second kappa shape index (κ2) is 5.75. The Morgan fingerprint density at radius 2 is 1.94 bits per heavy atom. The molecule has 0 amide bonds. The van der Waals surface area contributed by atoms with Crippen LogP contribution in [-0.4, -0.2) is 11.2 Å². The van der Waals surface area contributed by atoms with E-state index in [1.807, 2.05) is 12.1 Å². The van der Waals surface area contributed by atoms with Gasteiger partial charge in [-0.1, -0.05) is 54.8 Å². The monoisotopic (exact) mass is 310 g/mol. The van der Waals surface area contributed by atoms with Gasteiger partial charge in [-0.05, 0) is 48.3 Å². The van der Waals surface area contributed by atoms with Gasteiger partial charge in [-0.15, -0.1) is 0 Å². The number of aliphatic hydroxyl groups is 1. The van der Waals surface area contributed by atoms with Crippen LogP contribution >= 0.6 is 15.9 Å². The highest BCUT2D eigenvalue weighted by Gasteiger charge is 2.36. The number of hydrogen-bond donors (Lipinski definition) is 1. The van der Waals surface area contributed by atoms with Crippen molar-refractivity contribution in [2.75, 3.05) is 0 Å². The Balaban J connectivity index is 2.02. The topological polar surface area (TPSA) is 20.2 Å². The molecule has 0 spiro atoms. The van der Waals surface area contributed by atoms with Crippen LogP contribution in [0.3, 0.4) is 0 Å². The summed E-state index contributed by atoms with van der Waals surface area (Å²) in [4.78, 5) is 0. The third kappa shape index (κ3) is 3.36. The molecule has 2 unspecified atom stereocenters. The van der Waals surface area contributed by atoms with Gasteiger partial charge < -0.3 is 5.11 Å². The molecule has 100 valence electrons. The Kier molecular flexibility index (Phi) is 4.50. The number of aliphatic hydroxyl groups excluding tert-OH is 1. The molecular weight excluding hydrogens is 288 g/mol. The molecule has 2 heteroatoms. The Hall–Kier alpha value is -0.340. The van der Waals surface area contributed by atoms with Gasteiger partial charge in [-0.25, -0.2) is 0 Å². The summed E-state index contributed by atoms with van der Waals surface area (Å²) in [5.41, 5.74) is 1.51. The van der Waals surface area contributed by atoms with Crippen molar-refractivity contribution in [1.82, 2.24) is 0 Å². The molecule has 1 aliphatic carbocycles. The van der Waals surface area contributed by atoms with Crippen molar-refractivity contribution in [2.24, 2.45) is 11.3 Å². The van der Waals surface area contributed by atoms with Crippen LogP contribution in [0.4, 0.5) is 0 Å². The zero-order valence-corrected chi connectivity index (χ0v) is 12.9. The largest absolute Gasteiger partial charge is 0.392 e. The zero-order chi connectivity index (χ0) is 13.2. The highest BCUT2D eigenvalue weighted by Crippen LogP contribution is 2.42. The SMILES string of the molecule is CC1(C)CCCCC1C(O)Cc1ccc(Br)cc1. The zero-order valence-electron chi connectivity index (χ0n) is 11.3. The summed E-state index contributed by atoms with van der Waals surface area (Å²) < 4.78 is 1.10. The van der Waals surface area contributed by atoms with Crippen LogP contribution in [0.25, 0.3) is 0 Å². The van der Waals surface area contributed by atoms with E-state index in [0.717, 1.165) is 10.9 Å². The number of halogens is 1. The normalized spacial score (nSPS) is 24.8. The van der Waals surface area contributed by atoms with Gasteiger partial charge in [0.05, 0.1) is 6.10 Å². The van der Waals surface area contributed by atoms with E-state index in [2.05, 4.69) is 41.9 Å². The highest BCUT2D eigenvalue weighted by molar-refractivity contribution is 9.10. The maximum atomic E-state index is 10.5. The molecule has 1 saturated carbocycles. The molecule has 1 fully saturated rings. The van der Waals surface area contributed by atoms with Crippen LogP contribution in [0.1, 0.15) is 45.1 Å². The van der Waals surface area contributed by atoms with Gasteiger partial charge >= 0.3 is 0 Å². The molecule has 1 aromatic carbocycles. The number of hydrogen-bond acceptors (Lipinski definition) is 1. The smallest absolute Gasteiger partial charge is 0.0613 e. The molecule has 0 bridgehead atoms. The lowest BCUT2D eigenvalue weighted by molar-refractivity contribution is 0.00580. The molecule has 0 saturated heterocycles. The second-order valence-corrected chi connectivity index (χ2v) is 7.15. The predicted molar refractivity (Wildman–Crippen MR) is 79.6 cm³/mol. The third-order valence-electron chi connectivity index (χ3n) is 4.41. The first-order valence-corrected chi connectivity index (χ1v) is 7.71. The van der Waals surface area contributed by atoms with Gasteiger partial charge in [-0.2, -0.15) is 0 Å². The van der Waals surface area contributed by atoms with E-state index in [-0.39, 0.29) is 11.5 Å². The van der Waals surface area contributed by atoms with Crippen LogP contribution in [0.5, 0.6) is 0 Å². The summed E-state index contributed by atoms with van der Waals surface area (Å²) in [6.45, 7) is 4.61. The molecule has 0 radical (unpaired) electrons. The van der Waals surface area contributed by atoms with Crippen LogP contribution < -0.4 is 0 Å². The molecule has 1 N–H and O–H groups in total. The Morgan fingerprint density at radius 1 is 1.28 bits per heavy atom. The maximum absolute atomic E-state index is 10.5. The van der Waals surface area contributed by atoms with Crippen molar-refractivity contribution < 1.29 is 5.11 Å². The quantitative estimate of drug-likeness (QED) is 0.867. The van der Waals surface area contributed by atoms with E-state index in [0.29, 0.717) is 5.92 Å².